The summed E-state index contributed by atoms with van der Waals surface area (Å²) >= 11 is 0. The van der Waals surface area contributed by atoms with Gasteiger partial charge in [0.15, 0.2) is 0 Å². The number of nitrogens with zero attached hydrogens (tertiary/aromatic N) is 1. The quantitative estimate of drug-likeness (QED) is 0.652. The Labute approximate surface area is 182 Å². The molecule has 0 spiro atoms. The monoisotopic (exact) mass is 424 g/mol. The lowest BCUT2D eigenvalue weighted by Crippen LogP contribution is -2.46. The lowest BCUT2D eigenvalue weighted by atomic mass is 10.0. The van der Waals surface area contributed by atoms with Crippen molar-refractivity contribution in [2.24, 2.45) is 5.92 Å². The van der Waals surface area contributed by atoms with Gasteiger partial charge < -0.3 is 25.6 Å². The molecule has 8 nitrogen and oxygen atoms in total. The fraction of sp³-hybridized carbons (Fsp3) is 0.348. The average molecular weight is 425 g/mol. The topological polar surface area (TPSA) is 99.8 Å². The second-order valence-corrected chi connectivity index (χ2v) is 8.41. The molecule has 1 saturated heterocycles. The summed E-state index contributed by atoms with van der Waals surface area (Å²) in [6, 6.07) is 16.7. The molecule has 0 aliphatic carbocycles. The number of para-hydroxylation sites is 2. The highest BCUT2D eigenvalue weighted by Crippen LogP contribution is 2.23. The largest absolute Gasteiger partial charge is 0.460 e. The first-order chi connectivity index (χ1) is 14.7. The number of hydrogen-bond donors (Lipinski definition) is 3. The van der Waals surface area contributed by atoms with Crippen LogP contribution in [0.2, 0.25) is 0 Å². The zero-order valence-corrected chi connectivity index (χ0v) is 17.9. The van der Waals surface area contributed by atoms with Crippen LogP contribution < -0.4 is 16.0 Å². The molecule has 1 heterocycles. The molecule has 3 rings (SSSR count). The summed E-state index contributed by atoms with van der Waals surface area (Å²) < 4.78 is 5.53. The number of hydrogen-bond acceptors (Lipinski definition) is 4. The van der Waals surface area contributed by atoms with E-state index >= 15 is 0 Å². The summed E-state index contributed by atoms with van der Waals surface area (Å²) in [4.78, 5) is 39.5. The number of anilines is 2. The Bertz CT molecular complexity index is 912. The molecular weight excluding hydrogens is 396 g/mol. The van der Waals surface area contributed by atoms with E-state index in [4.69, 9.17) is 4.74 Å². The van der Waals surface area contributed by atoms with Gasteiger partial charge in [0.2, 0.25) is 0 Å². The highest BCUT2D eigenvalue weighted by Gasteiger charge is 2.42. The van der Waals surface area contributed by atoms with Gasteiger partial charge in [-0.1, -0.05) is 36.4 Å². The summed E-state index contributed by atoms with van der Waals surface area (Å²) in [5.74, 6) is -1.13. The molecule has 0 bridgehead atoms. The van der Waals surface area contributed by atoms with Gasteiger partial charge in [0.1, 0.15) is 5.60 Å². The summed E-state index contributed by atoms with van der Waals surface area (Å²) in [5.41, 5.74) is 0.609. The van der Waals surface area contributed by atoms with E-state index in [1.54, 1.807) is 45.0 Å². The molecule has 2 aromatic carbocycles. The van der Waals surface area contributed by atoms with Crippen LogP contribution in [-0.4, -0.2) is 47.7 Å². The number of amides is 4. The van der Waals surface area contributed by atoms with Gasteiger partial charge >= 0.3 is 18.0 Å². The lowest BCUT2D eigenvalue weighted by Gasteiger charge is -2.24. The van der Waals surface area contributed by atoms with Crippen LogP contribution in [-0.2, 0) is 9.53 Å². The molecule has 4 amide bonds. The highest BCUT2D eigenvalue weighted by molar-refractivity contribution is 5.92. The number of benzene rings is 2. The molecule has 0 unspecified atom stereocenters. The van der Waals surface area contributed by atoms with E-state index in [0.717, 1.165) is 0 Å². The third-order valence-corrected chi connectivity index (χ3v) is 4.69. The number of likely N-dealkylation sites (tertiary alicyclic amines) is 1. The zero-order chi connectivity index (χ0) is 22.4. The maximum Gasteiger partial charge on any atom is 0.321 e. The van der Waals surface area contributed by atoms with Crippen molar-refractivity contribution in [3.63, 3.8) is 0 Å². The van der Waals surface area contributed by atoms with E-state index < -0.39 is 29.6 Å². The smallest absolute Gasteiger partial charge is 0.321 e. The van der Waals surface area contributed by atoms with E-state index in [1.807, 2.05) is 36.4 Å². The maximum atomic E-state index is 12.8. The summed E-state index contributed by atoms with van der Waals surface area (Å²) in [7, 11) is 0. The lowest BCUT2D eigenvalue weighted by molar-refractivity contribution is -0.159. The van der Waals surface area contributed by atoms with Gasteiger partial charge in [-0.15, -0.1) is 0 Å². The molecule has 31 heavy (non-hydrogen) atoms. The van der Waals surface area contributed by atoms with Crippen LogP contribution in [0.3, 0.4) is 0 Å². The van der Waals surface area contributed by atoms with Crippen molar-refractivity contribution < 1.29 is 19.1 Å². The SMILES string of the molecule is CC(C)(C)OC(=O)[C@@H]1CN(C(=O)Nc2ccccc2)C[C@@H]1NC(=O)Nc1ccccc1. The van der Waals surface area contributed by atoms with E-state index in [9.17, 15) is 14.4 Å². The average Bonchev–Trinajstić information content (AvgIpc) is 3.12. The number of carbonyl (C=O) groups excluding carboxylic acids is 3. The molecule has 164 valence electrons. The fourth-order valence-electron chi connectivity index (χ4n) is 3.31. The zero-order valence-electron chi connectivity index (χ0n) is 17.9. The molecule has 0 aromatic heterocycles. The Balaban J connectivity index is 1.69. The second kappa shape index (κ2) is 9.51. The number of ether oxygens (including phenoxy) is 1. The van der Waals surface area contributed by atoms with Crippen LogP contribution in [0.25, 0.3) is 0 Å². The van der Waals surface area contributed by atoms with Crippen molar-refractivity contribution in [3.05, 3.63) is 60.7 Å². The number of rotatable bonds is 4. The van der Waals surface area contributed by atoms with Gasteiger partial charge in [0.05, 0.1) is 12.0 Å². The van der Waals surface area contributed by atoms with E-state index in [0.29, 0.717) is 11.4 Å². The van der Waals surface area contributed by atoms with Gasteiger partial charge in [-0.3, -0.25) is 4.79 Å². The Morgan fingerprint density at radius 3 is 1.97 bits per heavy atom. The molecule has 3 N–H and O–H groups in total. The third-order valence-electron chi connectivity index (χ3n) is 4.69. The second-order valence-electron chi connectivity index (χ2n) is 8.41. The van der Waals surface area contributed by atoms with Crippen molar-refractivity contribution in [2.75, 3.05) is 23.7 Å². The number of nitrogens with one attached hydrogen (secondary N) is 3. The van der Waals surface area contributed by atoms with Gasteiger partial charge in [-0.05, 0) is 45.0 Å². The Morgan fingerprint density at radius 1 is 0.871 bits per heavy atom. The van der Waals surface area contributed by atoms with Crippen LogP contribution in [0.15, 0.2) is 60.7 Å². The summed E-state index contributed by atoms with van der Waals surface area (Å²) in [6.07, 6.45) is 0. The van der Waals surface area contributed by atoms with Crippen molar-refractivity contribution in [1.82, 2.24) is 10.2 Å². The molecule has 2 aromatic rings. The highest BCUT2D eigenvalue weighted by atomic mass is 16.6. The Kier molecular flexibility index (Phi) is 6.79. The van der Waals surface area contributed by atoms with Crippen LogP contribution in [0.5, 0.6) is 0 Å². The Hall–Kier alpha value is -3.55. The molecule has 0 radical (unpaired) electrons. The molecule has 1 fully saturated rings. The van der Waals surface area contributed by atoms with Crippen LogP contribution in [0.4, 0.5) is 21.0 Å². The van der Waals surface area contributed by atoms with Gasteiger partial charge in [0, 0.05) is 24.5 Å². The van der Waals surface area contributed by atoms with E-state index in [1.165, 1.54) is 4.90 Å². The van der Waals surface area contributed by atoms with Crippen molar-refractivity contribution in [3.8, 4) is 0 Å². The number of urea groups is 2. The first kappa shape index (κ1) is 22.1. The molecular formula is C23H28N4O4. The Morgan fingerprint density at radius 2 is 1.42 bits per heavy atom. The minimum absolute atomic E-state index is 0.143. The predicted molar refractivity (Wildman–Crippen MR) is 119 cm³/mol. The summed E-state index contributed by atoms with van der Waals surface area (Å²) in [5, 5.41) is 8.37. The molecule has 2 atom stereocenters. The first-order valence-electron chi connectivity index (χ1n) is 10.2. The first-order valence-corrected chi connectivity index (χ1v) is 10.2. The fourth-order valence-corrected chi connectivity index (χ4v) is 3.31. The normalized spacial score (nSPS) is 18.2. The van der Waals surface area contributed by atoms with Crippen molar-refractivity contribution in [1.29, 1.82) is 0 Å². The molecule has 1 aliphatic heterocycles. The maximum absolute atomic E-state index is 12.8. The van der Waals surface area contributed by atoms with Crippen LogP contribution >= 0.6 is 0 Å². The third kappa shape index (κ3) is 6.47. The van der Waals surface area contributed by atoms with E-state index in [2.05, 4.69) is 16.0 Å². The van der Waals surface area contributed by atoms with Gasteiger partial charge in [-0.25, -0.2) is 9.59 Å². The van der Waals surface area contributed by atoms with E-state index in [-0.39, 0.29) is 19.1 Å². The van der Waals surface area contributed by atoms with Crippen molar-refractivity contribution in [2.45, 2.75) is 32.4 Å². The summed E-state index contributed by atoms with van der Waals surface area (Å²) in [6.45, 7) is 5.67. The van der Waals surface area contributed by atoms with Crippen molar-refractivity contribution >= 4 is 29.4 Å². The predicted octanol–water partition coefficient (Wildman–Crippen LogP) is 3.68. The minimum atomic E-state index is -0.678. The van der Waals surface area contributed by atoms with Gasteiger partial charge in [0.25, 0.3) is 0 Å². The molecule has 8 heteroatoms. The number of esters is 1. The van der Waals surface area contributed by atoms with Gasteiger partial charge in [-0.2, -0.15) is 0 Å². The van der Waals surface area contributed by atoms with Crippen LogP contribution in [0.1, 0.15) is 20.8 Å². The number of carbonyl (C=O) groups is 3. The minimum Gasteiger partial charge on any atom is -0.460 e. The molecule has 1 aliphatic rings. The molecule has 0 saturated carbocycles. The standard InChI is InChI=1S/C23H28N4O4/c1-23(2,3)31-20(28)18-14-27(22(30)25-17-12-8-5-9-13-17)15-19(18)26-21(29)24-16-10-6-4-7-11-16/h4-13,18-19H,14-15H2,1-3H3,(H,25,30)(H2,24,26,29)/t18-,19+/m1/s1. The van der Waals surface area contributed by atoms with Crippen LogP contribution in [0, 0.1) is 5.92 Å².